The average Bonchev–Trinajstić information content (AvgIpc) is 2.40. The molecule has 22 heavy (non-hydrogen) atoms. The first-order valence-electron chi connectivity index (χ1n) is 8.63. The minimum atomic E-state index is -3.42. The molecule has 0 spiro atoms. The fourth-order valence-electron chi connectivity index (χ4n) is 2.41. The Balaban J connectivity index is 0. The molecular formula is C16H35NNaO3S. The molecule has 0 heterocycles. The van der Waals surface area contributed by atoms with Gasteiger partial charge in [-0.1, -0.05) is 71.1 Å². The van der Waals surface area contributed by atoms with E-state index in [1.807, 2.05) is 6.92 Å². The Labute approximate surface area is 160 Å². The molecule has 6 heteroatoms. The van der Waals surface area contributed by atoms with Gasteiger partial charge in [-0.25, -0.2) is 0 Å². The first kappa shape index (κ1) is 25.1. The van der Waals surface area contributed by atoms with Gasteiger partial charge in [-0.3, -0.25) is 4.18 Å². The van der Waals surface area contributed by atoms with E-state index in [0.717, 1.165) is 12.8 Å². The van der Waals surface area contributed by atoms with Crippen molar-refractivity contribution >= 4 is 39.7 Å². The zero-order valence-electron chi connectivity index (χ0n) is 15.0. The molecule has 0 bridgehead atoms. The topological polar surface area (TPSA) is 69.4 Å². The molecule has 0 amide bonds. The van der Waals surface area contributed by atoms with Crippen molar-refractivity contribution < 1.29 is 12.6 Å². The Morgan fingerprint density at radius 1 is 0.909 bits per heavy atom. The maximum Gasteiger partial charge on any atom is 0.268 e. The summed E-state index contributed by atoms with van der Waals surface area (Å²) in [5, 5.41) is 0. The van der Waals surface area contributed by atoms with Crippen LogP contribution in [0.3, 0.4) is 0 Å². The Bertz CT molecular complexity index is 323. The van der Waals surface area contributed by atoms with E-state index >= 15 is 0 Å². The molecular weight excluding hydrogens is 309 g/mol. The summed E-state index contributed by atoms with van der Waals surface area (Å²) in [5.74, 6) is -0.0879. The Kier molecular flexibility index (Phi) is 19.1. The second-order valence-corrected chi connectivity index (χ2v) is 7.64. The Hall–Kier alpha value is 0.870. The van der Waals surface area contributed by atoms with Crippen molar-refractivity contribution in [3.63, 3.8) is 0 Å². The van der Waals surface area contributed by atoms with Crippen LogP contribution in [0.25, 0.3) is 0 Å². The molecule has 2 N–H and O–H groups in total. The summed E-state index contributed by atoms with van der Waals surface area (Å²) in [6.45, 7) is 4.18. The summed E-state index contributed by atoms with van der Waals surface area (Å²) in [6, 6.07) is 0. The summed E-state index contributed by atoms with van der Waals surface area (Å²) in [4.78, 5) is 0. The van der Waals surface area contributed by atoms with Crippen LogP contribution in [0.5, 0.6) is 0 Å². The van der Waals surface area contributed by atoms with Gasteiger partial charge in [0.2, 0.25) is 0 Å². The summed E-state index contributed by atoms with van der Waals surface area (Å²) in [7, 11) is -3.42. The van der Waals surface area contributed by atoms with Crippen LogP contribution in [0.2, 0.25) is 0 Å². The molecule has 129 valence electrons. The van der Waals surface area contributed by atoms with Gasteiger partial charge in [0.15, 0.2) is 0 Å². The minimum Gasteiger partial charge on any atom is -0.329 e. The van der Waals surface area contributed by atoms with Crippen LogP contribution in [0.15, 0.2) is 0 Å². The molecule has 0 aliphatic carbocycles. The molecule has 0 aliphatic rings. The van der Waals surface area contributed by atoms with Crippen LogP contribution in [0, 0.1) is 0 Å². The second kappa shape index (κ2) is 16.7. The summed E-state index contributed by atoms with van der Waals surface area (Å²) in [6.07, 6.45) is 13.4. The Morgan fingerprint density at radius 2 is 1.36 bits per heavy atom. The molecule has 0 saturated carbocycles. The van der Waals surface area contributed by atoms with Gasteiger partial charge in [0, 0.05) is 36.1 Å². The predicted molar refractivity (Wildman–Crippen MR) is 95.6 cm³/mol. The van der Waals surface area contributed by atoms with Gasteiger partial charge in [-0.15, -0.1) is 0 Å². The van der Waals surface area contributed by atoms with Crippen LogP contribution in [0.4, 0.5) is 0 Å². The van der Waals surface area contributed by atoms with E-state index in [1.165, 1.54) is 57.8 Å². The van der Waals surface area contributed by atoms with Gasteiger partial charge in [-0.05, 0) is 13.3 Å². The van der Waals surface area contributed by atoms with Gasteiger partial charge >= 0.3 is 0 Å². The molecule has 1 radical (unpaired) electrons. The number of hydrogen-bond acceptors (Lipinski definition) is 4. The number of nitrogens with two attached hydrogens (primary N) is 1. The van der Waals surface area contributed by atoms with Gasteiger partial charge in [0.05, 0.1) is 11.9 Å². The largest absolute Gasteiger partial charge is 0.329 e. The number of unbranched alkanes of at least 4 members (excludes halogenated alkanes) is 9. The molecule has 0 aromatic heterocycles. The van der Waals surface area contributed by atoms with Gasteiger partial charge in [0.1, 0.15) is 0 Å². The van der Waals surface area contributed by atoms with Crippen molar-refractivity contribution in [2.75, 3.05) is 12.3 Å². The van der Waals surface area contributed by atoms with E-state index in [-0.39, 0.29) is 48.0 Å². The molecule has 0 fully saturated rings. The minimum absolute atomic E-state index is 0. The van der Waals surface area contributed by atoms with Crippen LogP contribution in [-0.4, -0.2) is 56.4 Å². The molecule has 0 saturated heterocycles. The van der Waals surface area contributed by atoms with Crippen LogP contribution >= 0.6 is 0 Å². The molecule has 0 aliphatic heterocycles. The number of hydrogen-bond donors (Lipinski definition) is 1. The van der Waals surface area contributed by atoms with Crippen molar-refractivity contribution in [3.8, 4) is 0 Å². The predicted octanol–water partition coefficient (Wildman–Crippen LogP) is 3.61. The molecule has 1 atom stereocenters. The molecule has 1 unspecified atom stereocenters. The molecule has 4 nitrogen and oxygen atoms in total. The normalized spacial score (nSPS) is 12.9. The van der Waals surface area contributed by atoms with Crippen LogP contribution in [0.1, 0.15) is 84.5 Å². The van der Waals surface area contributed by atoms with Crippen molar-refractivity contribution in [2.45, 2.75) is 90.6 Å². The summed E-state index contributed by atoms with van der Waals surface area (Å²) in [5.41, 5.74) is 5.24. The quantitative estimate of drug-likeness (QED) is 0.280. The second-order valence-electron chi connectivity index (χ2n) is 5.93. The first-order valence-corrected chi connectivity index (χ1v) is 10.2. The fourth-order valence-corrected chi connectivity index (χ4v) is 3.39. The number of rotatable bonds is 15. The van der Waals surface area contributed by atoms with Crippen LogP contribution in [-0.2, 0) is 14.3 Å². The molecule has 0 aromatic rings. The Morgan fingerprint density at radius 3 is 1.82 bits per heavy atom. The van der Waals surface area contributed by atoms with E-state index in [2.05, 4.69) is 6.92 Å². The smallest absolute Gasteiger partial charge is 0.268 e. The van der Waals surface area contributed by atoms with E-state index < -0.39 is 10.1 Å². The summed E-state index contributed by atoms with van der Waals surface area (Å²) >= 11 is 0. The third-order valence-corrected chi connectivity index (χ3v) is 5.00. The monoisotopic (exact) mass is 344 g/mol. The first-order chi connectivity index (χ1) is 10.0. The van der Waals surface area contributed by atoms with Gasteiger partial charge in [-0.2, -0.15) is 8.42 Å². The van der Waals surface area contributed by atoms with Crippen molar-refractivity contribution in [1.82, 2.24) is 0 Å². The van der Waals surface area contributed by atoms with Gasteiger partial charge < -0.3 is 5.73 Å². The zero-order chi connectivity index (χ0) is 16.0. The standard InChI is InChI=1S/C16H35NO3S.Na/c1-3-4-5-6-7-8-9-10-11-12-13-16(2)20-21(18,19)15-14-17;/h16H,3-15,17H2,1-2H3;. The maximum absolute atomic E-state index is 11.4. The van der Waals surface area contributed by atoms with Gasteiger partial charge in [0.25, 0.3) is 10.1 Å². The van der Waals surface area contributed by atoms with Crippen LogP contribution < -0.4 is 5.73 Å². The summed E-state index contributed by atoms with van der Waals surface area (Å²) < 4.78 is 27.9. The zero-order valence-corrected chi connectivity index (χ0v) is 17.8. The van der Waals surface area contributed by atoms with Crippen molar-refractivity contribution in [2.24, 2.45) is 5.73 Å². The maximum atomic E-state index is 11.4. The van der Waals surface area contributed by atoms with E-state index in [1.54, 1.807) is 0 Å². The fraction of sp³-hybridized carbons (Fsp3) is 1.00. The van der Waals surface area contributed by atoms with E-state index in [9.17, 15) is 8.42 Å². The van der Waals surface area contributed by atoms with E-state index in [0.29, 0.717) is 0 Å². The van der Waals surface area contributed by atoms with Crippen molar-refractivity contribution in [1.29, 1.82) is 0 Å². The van der Waals surface area contributed by atoms with E-state index in [4.69, 9.17) is 9.92 Å². The van der Waals surface area contributed by atoms with Crippen molar-refractivity contribution in [3.05, 3.63) is 0 Å². The molecule has 0 rings (SSSR count). The SMILES string of the molecule is CCCCCCCCCCCCC(C)OS(=O)(=O)CCN.[Na]. The third-order valence-electron chi connectivity index (χ3n) is 3.64. The third kappa shape index (κ3) is 17.2. The molecule has 0 aromatic carbocycles. The average molecular weight is 345 g/mol.